The van der Waals surface area contributed by atoms with Gasteiger partial charge in [0.25, 0.3) is 0 Å². The lowest BCUT2D eigenvalue weighted by Crippen LogP contribution is -2.67. The van der Waals surface area contributed by atoms with E-state index in [9.17, 15) is 15.0 Å². The van der Waals surface area contributed by atoms with Gasteiger partial charge in [0.05, 0.1) is 11.5 Å². The summed E-state index contributed by atoms with van der Waals surface area (Å²) in [5, 5.41) is 21.4. The minimum absolute atomic E-state index is 0.0202. The molecule has 0 aromatic carbocycles. The van der Waals surface area contributed by atoms with Crippen LogP contribution in [0.5, 0.6) is 0 Å². The van der Waals surface area contributed by atoms with Crippen molar-refractivity contribution in [1.29, 1.82) is 0 Å². The van der Waals surface area contributed by atoms with E-state index in [-0.39, 0.29) is 33.7 Å². The van der Waals surface area contributed by atoms with Gasteiger partial charge in [-0.05, 0) is 142 Å². The number of carbonyl (C=O) groups is 1. The first-order valence-electron chi connectivity index (χ1n) is 16.9. The number of fused-ring (bicyclic) bond motifs is 7. The van der Waals surface area contributed by atoms with Gasteiger partial charge in [-0.2, -0.15) is 0 Å². The van der Waals surface area contributed by atoms with Crippen molar-refractivity contribution in [2.75, 3.05) is 19.6 Å². The third-order valence-corrected chi connectivity index (χ3v) is 14.8. The number of hydrogen-bond acceptors (Lipinski definition) is 3. The molecular weight excluding hydrogens is 494 g/mol. The standard InChI is InChI=1S/C30H48O3.C6H15N/c1-18(2)19-10-15-30(25(32)33)17-16-28(6)20(24(19)30)8-9-22-27(5)13-12-23(31)26(3,4)21(27)11-14-29(22,28)7;1-4-7(5-2)6-3/h19-24,31H,1,8-17H2,2-7H3,(H,32,33);4-6H2,1-3H3/t19-,20+,21-,22+,23-,24+,27-,28+,29+,30-;/m0./s1. The van der Waals surface area contributed by atoms with Crippen molar-refractivity contribution < 1.29 is 15.0 Å². The second kappa shape index (κ2) is 11.0. The minimum Gasteiger partial charge on any atom is -0.481 e. The van der Waals surface area contributed by atoms with Crippen molar-refractivity contribution in [1.82, 2.24) is 4.90 Å². The van der Waals surface area contributed by atoms with Crippen LogP contribution in [0.2, 0.25) is 0 Å². The summed E-state index contributed by atoms with van der Waals surface area (Å²) in [6, 6.07) is 0. The Morgan fingerprint density at radius 2 is 1.43 bits per heavy atom. The summed E-state index contributed by atoms with van der Waals surface area (Å²) in [5.41, 5.74) is 1.35. The Labute approximate surface area is 246 Å². The molecule has 0 spiro atoms. The molecule has 230 valence electrons. The van der Waals surface area contributed by atoms with Crippen LogP contribution in [0.25, 0.3) is 0 Å². The predicted octanol–water partition coefficient (Wildman–Crippen LogP) is 8.44. The summed E-state index contributed by atoms with van der Waals surface area (Å²) in [4.78, 5) is 15.1. The van der Waals surface area contributed by atoms with Gasteiger partial charge >= 0.3 is 5.97 Å². The second-order valence-corrected chi connectivity index (χ2v) is 16.1. The summed E-state index contributed by atoms with van der Waals surface area (Å²) in [6.07, 6.45) is 10.5. The number of nitrogens with zero attached hydrogens (tertiary/aromatic N) is 1. The van der Waals surface area contributed by atoms with Gasteiger partial charge in [-0.1, -0.05) is 67.5 Å². The smallest absolute Gasteiger partial charge is 0.309 e. The van der Waals surface area contributed by atoms with Crippen LogP contribution in [0.15, 0.2) is 12.2 Å². The highest BCUT2D eigenvalue weighted by Gasteiger charge is 2.72. The maximum Gasteiger partial charge on any atom is 0.309 e. The number of aliphatic carboxylic acids is 1. The molecule has 10 atom stereocenters. The first kappa shape index (κ1) is 32.1. The quantitative estimate of drug-likeness (QED) is 0.333. The summed E-state index contributed by atoms with van der Waals surface area (Å²) >= 11 is 0. The van der Waals surface area contributed by atoms with Gasteiger partial charge in [-0.15, -0.1) is 0 Å². The monoisotopic (exact) mass is 557 g/mol. The predicted molar refractivity (Wildman–Crippen MR) is 166 cm³/mol. The fourth-order valence-electron chi connectivity index (χ4n) is 12.2. The molecule has 0 heterocycles. The molecule has 5 saturated carbocycles. The van der Waals surface area contributed by atoms with Gasteiger partial charge < -0.3 is 15.1 Å². The second-order valence-electron chi connectivity index (χ2n) is 16.1. The maximum absolute atomic E-state index is 12.8. The van der Waals surface area contributed by atoms with Crippen LogP contribution in [0.4, 0.5) is 0 Å². The number of aliphatic hydroxyl groups excluding tert-OH is 1. The highest BCUT2D eigenvalue weighted by molar-refractivity contribution is 5.76. The lowest BCUT2D eigenvalue weighted by Gasteiger charge is -2.72. The summed E-state index contributed by atoms with van der Waals surface area (Å²) in [6.45, 7) is 29.0. The van der Waals surface area contributed by atoms with E-state index in [1.165, 1.54) is 50.9 Å². The van der Waals surface area contributed by atoms with Crippen LogP contribution in [0.1, 0.15) is 127 Å². The topological polar surface area (TPSA) is 60.8 Å². The van der Waals surface area contributed by atoms with E-state index in [2.05, 4.69) is 73.8 Å². The molecule has 5 rings (SSSR count). The van der Waals surface area contributed by atoms with Crippen molar-refractivity contribution in [3.63, 3.8) is 0 Å². The van der Waals surface area contributed by atoms with Crippen molar-refractivity contribution in [3.05, 3.63) is 12.2 Å². The van der Waals surface area contributed by atoms with E-state index in [0.29, 0.717) is 23.7 Å². The Hall–Kier alpha value is -0.870. The van der Waals surface area contributed by atoms with Crippen LogP contribution in [-0.4, -0.2) is 46.8 Å². The van der Waals surface area contributed by atoms with Crippen molar-refractivity contribution in [2.24, 2.45) is 56.7 Å². The normalized spacial score (nSPS) is 47.2. The molecular formula is C36H63NO3. The summed E-state index contributed by atoms with van der Waals surface area (Å²) < 4.78 is 0. The van der Waals surface area contributed by atoms with Crippen LogP contribution in [-0.2, 0) is 4.79 Å². The molecule has 0 aromatic rings. The van der Waals surface area contributed by atoms with Crippen LogP contribution in [0, 0.1) is 56.7 Å². The molecule has 0 aliphatic heterocycles. The third-order valence-electron chi connectivity index (χ3n) is 14.8. The number of hydrogen-bond donors (Lipinski definition) is 2. The molecule has 0 unspecified atom stereocenters. The molecule has 4 nitrogen and oxygen atoms in total. The Morgan fingerprint density at radius 1 is 0.800 bits per heavy atom. The number of carboxylic acid groups (broad SMARTS) is 1. The highest BCUT2D eigenvalue weighted by Crippen LogP contribution is 2.77. The van der Waals surface area contributed by atoms with Gasteiger partial charge in [0.2, 0.25) is 0 Å². The Kier molecular flexibility index (Phi) is 8.81. The average Bonchev–Trinajstić information content (AvgIpc) is 3.30. The molecule has 2 N–H and O–H groups in total. The largest absolute Gasteiger partial charge is 0.481 e. The molecule has 5 fully saturated rings. The van der Waals surface area contributed by atoms with Crippen LogP contribution < -0.4 is 0 Å². The molecule has 0 bridgehead atoms. The van der Waals surface area contributed by atoms with Crippen molar-refractivity contribution in [2.45, 2.75) is 133 Å². The molecule has 0 amide bonds. The van der Waals surface area contributed by atoms with Gasteiger partial charge in [-0.25, -0.2) is 0 Å². The summed E-state index contributed by atoms with van der Waals surface area (Å²) in [7, 11) is 0. The molecule has 5 aliphatic carbocycles. The Bertz CT molecular complexity index is 950. The van der Waals surface area contributed by atoms with E-state index in [1.54, 1.807) is 0 Å². The fraction of sp³-hybridized carbons (Fsp3) is 0.917. The van der Waals surface area contributed by atoms with Gasteiger partial charge in [0.15, 0.2) is 0 Å². The zero-order chi connectivity index (χ0) is 29.9. The lowest BCUT2D eigenvalue weighted by atomic mass is 9.32. The SMILES string of the molecule is C=C(C)[C@@H]1CC[C@]2(C(=O)O)CC[C@]3(C)[C@H](CC[C@@H]4[C@@]5(C)CC[C@H](O)C(C)(C)[C@@H]5CC[C@]43C)[C@@H]12.CCN(CC)CC. The van der Waals surface area contributed by atoms with Crippen molar-refractivity contribution in [3.8, 4) is 0 Å². The number of allylic oxidation sites excluding steroid dienone is 1. The molecule has 0 aromatic heterocycles. The van der Waals surface area contributed by atoms with Crippen LogP contribution in [0.3, 0.4) is 0 Å². The lowest BCUT2D eigenvalue weighted by molar-refractivity contribution is -0.248. The molecule has 0 radical (unpaired) electrons. The van der Waals surface area contributed by atoms with Gasteiger partial charge in [0.1, 0.15) is 0 Å². The number of carboxylic acids is 1. The van der Waals surface area contributed by atoms with E-state index < -0.39 is 11.4 Å². The Morgan fingerprint density at radius 3 is 1.95 bits per heavy atom. The third kappa shape index (κ3) is 4.47. The van der Waals surface area contributed by atoms with E-state index in [1.807, 2.05) is 0 Å². The molecule has 4 heteroatoms. The fourth-order valence-corrected chi connectivity index (χ4v) is 12.2. The first-order chi connectivity index (χ1) is 18.6. The maximum atomic E-state index is 12.8. The number of aliphatic hydroxyl groups is 1. The minimum atomic E-state index is -0.538. The molecule has 40 heavy (non-hydrogen) atoms. The molecule has 5 aliphatic rings. The van der Waals surface area contributed by atoms with Crippen LogP contribution >= 0.6 is 0 Å². The first-order valence-corrected chi connectivity index (χ1v) is 16.9. The summed E-state index contributed by atoms with van der Waals surface area (Å²) in [5.74, 6) is 1.79. The van der Waals surface area contributed by atoms with Crippen molar-refractivity contribution >= 4 is 5.97 Å². The average molecular weight is 558 g/mol. The Balaban J connectivity index is 0.000000470. The molecule has 0 saturated heterocycles. The zero-order valence-corrected chi connectivity index (χ0v) is 27.6. The van der Waals surface area contributed by atoms with Gasteiger partial charge in [-0.3, -0.25) is 4.79 Å². The zero-order valence-electron chi connectivity index (χ0n) is 27.6. The highest BCUT2D eigenvalue weighted by atomic mass is 16.4. The van der Waals surface area contributed by atoms with E-state index in [0.717, 1.165) is 38.5 Å². The number of rotatable bonds is 5. The van der Waals surface area contributed by atoms with Gasteiger partial charge in [0, 0.05) is 0 Å². The van der Waals surface area contributed by atoms with E-state index >= 15 is 0 Å². The van der Waals surface area contributed by atoms with E-state index in [4.69, 9.17) is 0 Å².